The van der Waals surface area contributed by atoms with Crippen molar-refractivity contribution < 1.29 is 70.3 Å². The highest BCUT2D eigenvalue weighted by molar-refractivity contribution is 7.05. The van der Waals surface area contributed by atoms with Crippen LogP contribution in [-0.2, 0) is 7.05 Å². The maximum atomic E-state index is 15.5. The number of rotatable bonds is 4. The molecule has 2 nitrogen and oxygen atoms in total. The zero-order valence-electron chi connectivity index (χ0n) is 20.7. The predicted molar refractivity (Wildman–Crippen MR) is 114 cm³/mol. The van der Waals surface area contributed by atoms with Crippen LogP contribution in [0.15, 0.2) is 6.33 Å². The van der Waals surface area contributed by atoms with Crippen molar-refractivity contribution >= 4 is 22.7 Å². The van der Waals surface area contributed by atoms with E-state index in [1.54, 1.807) is 0 Å². The minimum atomic E-state index is -5.84. The average Bonchev–Trinajstić information content (AvgIpc) is 3.21. The molecule has 1 heterocycles. The topological polar surface area (TPSA) is 8.81 Å². The summed E-state index contributed by atoms with van der Waals surface area (Å²) in [4.78, 5) is 0. The number of hydrogen-bond donors (Lipinski definition) is 0. The van der Waals surface area contributed by atoms with Crippen molar-refractivity contribution in [3.63, 3.8) is 0 Å². The molecule has 0 atom stereocenters. The smallest absolute Gasteiger partial charge is 0.288 e. The van der Waals surface area contributed by atoms with Gasteiger partial charge in [0.15, 0.2) is 58.7 Å². The third-order valence-corrected chi connectivity index (χ3v) is 7.14. The number of hydrogen-bond acceptors (Lipinski definition) is 0. The molecule has 0 fully saturated rings. The summed E-state index contributed by atoms with van der Waals surface area (Å²) in [7, 11) is 1.02. The fraction of sp³-hybridized carbons (Fsp3) is 0.125. The zero-order chi connectivity index (χ0) is 31.9. The highest BCUT2D eigenvalue weighted by atomic mass is 19.2. The fourth-order valence-corrected chi connectivity index (χ4v) is 5.01. The first-order valence-corrected chi connectivity index (χ1v) is 11.1. The highest BCUT2D eigenvalue weighted by Gasteiger charge is 2.54. The van der Waals surface area contributed by atoms with Crippen LogP contribution in [0.1, 0.15) is 11.4 Å². The minimum absolute atomic E-state index is 0.0931. The van der Waals surface area contributed by atoms with Crippen molar-refractivity contribution in [2.24, 2.45) is 7.05 Å². The van der Waals surface area contributed by atoms with Gasteiger partial charge in [-0.1, -0.05) is 16.4 Å². The summed E-state index contributed by atoms with van der Waals surface area (Å²) in [6.45, 7) is 1.90. The summed E-state index contributed by atoms with van der Waals surface area (Å²) in [5, 5.41) is 0. The third-order valence-electron chi connectivity index (χ3n) is 7.14. The Morgan fingerprint density at radius 3 is 0.833 bits per heavy atom. The van der Waals surface area contributed by atoms with Crippen LogP contribution >= 0.6 is 0 Å². The number of nitrogens with zero attached hydrogens (tertiary/aromatic N) is 2. The predicted octanol–water partition coefficient (Wildman–Crippen LogP) is 4.53. The largest absolute Gasteiger partial charge is 0.419 e. The molecule has 18 heteroatoms. The maximum Gasteiger partial charge on any atom is 0.288 e. The molecular formula is C24H10BF15N2. The summed E-state index contributed by atoms with van der Waals surface area (Å²) in [6.07, 6.45) is -5.46. The first-order chi connectivity index (χ1) is 19.4. The summed E-state index contributed by atoms with van der Waals surface area (Å²) in [6, 6.07) is 0. The number of aryl methyl sites for hydroxylation is 1. The Kier molecular flexibility index (Phi) is 7.35. The minimum Gasteiger partial charge on any atom is -0.419 e. The van der Waals surface area contributed by atoms with Gasteiger partial charge in [0.2, 0.25) is 0 Å². The van der Waals surface area contributed by atoms with E-state index in [1.165, 1.54) is 0 Å². The Morgan fingerprint density at radius 2 is 0.643 bits per heavy atom. The van der Waals surface area contributed by atoms with Crippen LogP contribution in [0.25, 0.3) is 0 Å². The molecule has 0 aliphatic rings. The van der Waals surface area contributed by atoms with Crippen LogP contribution < -0.4 is 20.9 Å². The lowest BCUT2D eigenvalue weighted by molar-refractivity contribution is -0.546. The molecule has 0 saturated carbocycles. The third kappa shape index (κ3) is 3.75. The number of aromatic nitrogens is 2. The van der Waals surface area contributed by atoms with Crippen molar-refractivity contribution in [1.82, 2.24) is 4.57 Å². The fourth-order valence-electron chi connectivity index (χ4n) is 5.01. The maximum absolute atomic E-state index is 15.5. The van der Waals surface area contributed by atoms with Gasteiger partial charge in [-0.25, -0.2) is 70.4 Å². The second-order valence-corrected chi connectivity index (χ2v) is 9.08. The van der Waals surface area contributed by atoms with Crippen molar-refractivity contribution in [2.45, 2.75) is 13.8 Å². The second-order valence-electron chi connectivity index (χ2n) is 9.08. The van der Waals surface area contributed by atoms with Gasteiger partial charge >= 0.3 is 0 Å². The summed E-state index contributed by atoms with van der Waals surface area (Å²) in [5.74, 6) is -45.6. The van der Waals surface area contributed by atoms with Crippen molar-refractivity contribution in [1.29, 1.82) is 0 Å². The van der Waals surface area contributed by atoms with E-state index in [4.69, 9.17) is 0 Å². The standard InChI is InChI=1S/C24H10BF15N2/c1-5-6(2)42(4-41(5)3)25(7-10(26)16(32)22(38)17(33)11(7)27,8-12(28)18(34)23(39)19(35)13(8)29)9-14(30)20(36)24(40)21(37)15(9)31/h4H,1-3H3. The lowest BCUT2D eigenvalue weighted by atomic mass is 9.23. The number of benzene rings is 3. The Labute approximate surface area is 224 Å². The van der Waals surface area contributed by atoms with Crippen LogP contribution in [0.5, 0.6) is 0 Å². The highest BCUT2D eigenvalue weighted by Crippen LogP contribution is 2.27. The van der Waals surface area contributed by atoms with Gasteiger partial charge in [-0.15, -0.1) is 0 Å². The van der Waals surface area contributed by atoms with E-state index in [-0.39, 0.29) is 10.2 Å². The van der Waals surface area contributed by atoms with Gasteiger partial charge in [0.05, 0.1) is 12.7 Å². The molecule has 42 heavy (non-hydrogen) atoms. The molecular weight excluding hydrogens is 612 g/mol. The number of halogens is 15. The van der Waals surface area contributed by atoms with Crippen LogP contribution in [0.2, 0.25) is 0 Å². The lowest BCUT2D eigenvalue weighted by Gasteiger charge is -2.41. The van der Waals surface area contributed by atoms with Crippen LogP contribution in [0.4, 0.5) is 65.9 Å². The van der Waals surface area contributed by atoms with Gasteiger partial charge in [0, 0.05) is 6.92 Å². The Balaban J connectivity index is 2.61. The molecule has 0 N–H and O–H groups in total. The molecule has 0 saturated heterocycles. The van der Waals surface area contributed by atoms with E-state index in [2.05, 4.69) is 0 Å². The van der Waals surface area contributed by atoms with E-state index in [0.717, 1.165) is 25.5 Å². The first kappa shape index (κ1) is 30.8. The molecule has 0 spiro atoms. The monoisotopic (exact) mass is 622 g/mol. The Morgan fingerprint density at radius 1 is 0.429 bits per heavy atom. The quantitative estimate of drug-likeness (QED) is 0.137. The van der Waals surface area contributed by atoms with Crippen LogP contribution in [-0.4, -0.2) is 10.8 Å². The molecule has 0 bridgehead atoms. The molecule has 0 amide bonds. The Hall–Kier alpha value is -4.12. The van der Waals surface area contributed by atoms with Crippen molar-refractivity contribution in [3.8, 4) is 0 Å². The molecule has 0 unspecified atom stereocenters. The molecule has 224 valence electrons. The first-order valence-electron chi connectivity index (χ1n) is 11.1. The lowest BCUT2D eigenvalue weighted by Crippen LogP contribution is -2.88. The summed E-state index contributed by atoms with van der Waals surface area (Å²) in [5.41, 5.74) is -8.99. The SMILES string of the molecule is Cc1c(C)[n+]([B-](c2c(F)c(F)c(F)c(F)c2F)(c2c(F)c(F)c(F)c(F)c2F)c2c(F)c(F)c(F)c(F)c2F)cn1C. The molecule has 1 aromatic heterocycles. The Bertz CT molecular complexity index is 1580. The van der Waals surface area contributed by atoms with Crippen molar-refractivity contribution in [3.05, 3.63) is 105 Å². The van der Waals surface area contributed by atoms with Crippen LogP contribution in [0, 0.1) is 101 Å². The summed E-state index contributed by atoms with van der Waals surface area (Å²) < 4.78 is 223. The van der Waals surface area contributed by atoms with Crippen LogP contribution in [0.3, 0.4) is 0 Å². The molecule has 4 aromatic rings. The normalized spacial score (nSPS) is 12.0. The molecule has 3 aromatic carbocycles. The average molecular weight is 622 g/mol. The summed E-state index contributed by atoms with van der Waals surface area (Å²) >= 11 is 0. The van der Waals surface area contributed by atoms with Gasteiger partial charge in [-0.05, 0) is 6.92 Å². The molecule has 0 aliphatic carbocycles. The van der Waals surface area contributed by atoms with Gasteiger partial charge in [-0.3, -0.25) is 0 Å². The van der Waals surface area contributed by atoms with E-state index >= 15 is 26.3 Å². The van der Waals surface area contributed by atoms with Gasteiger partial charge < -0.3 is 4.48 Å². The van der Waals surface area contributed by atoms with E-state index in [9.17, 15) is 39.5 Å². The molecule has 4 rings (SSSR count). The van der Waals surface area contributed by atoms with E-state index in [0.29, 0.717) is 6.33 Å². The van der Waals surface area contributed by atoms with E-state index < -0.39 is 116 Å². The zero-order valence-corrected chi connectivity index (χ0v) is 20.7. The second kappa shape index (κ2) is 10.0. The van der Waals surface area contributed by atoms with Crippen molar-refractivity contribution in [2.75, 3.05) is 0 Å². The van der Waals surface area contributed by atoms with E-state index in [1.807, 2.05) is 0 Å². The molecule has 0 radical (unpaired) electrons. The molecule has 0 aliphatic heterocycles. The van der Waals surface area contributed by atoms with Gasteiger partial charge in [0.1, 0.15) is 40.6 Å². The van der Waals surface area contributed by atoms with Gasteiger partial charge in [-0.2, -0.15) is 0 Å². The number of imidazole rings is 1. The van der Waals surface area contributed by atoms with Gasteiger partial charge in [0.25, 0.3) is 6.28 Å².